The Morgan fingerprint density at radius 3 is 2.64 bits per heavy atom. The smallest absolute Gasteiger partial charge is 0.237 e. The Balaban J connectivity index is 1.99. The van der Waals surface area contributed by atoms with Crippen molar-refractivity contribution < 1.29 is 4.79 Å². The van der Waals surface area contributed by atoms with Crippen molar-refractivity contribution in [1.82, 2.24) is 20.0 Å². The molecule has 0 saturated heterocycles. The Morgan fingerprint density at radius 2 is 2.05 bits per heavy atom. The lowest BCUT2D eigenvalue weighted by Crippen LogP contribution is -2.23. The number of carbonyl (C=O) groups is 1. The minimum absolute atomic E-state index is 0.0518. The fourth-order valence-corrected chi connectivity index (χ4v) is 4.87. The number of carbonyl (C=O) groups excluding carboxylic acids is 1. The van der Waals surface area contributed by atoms with Gasteiger partial charge in [0.2, 0.25) is 5.91 Å². The van der Waals surface area contributed by atoms with E-state index in [9.17, 15) is 4.79 Å². The lowest BCUT2D eigenvalue weighted by Gasteiger charge is -2.10. The van der Waals surface area contributed by atoms with Crippen molar-refractivity contribution >= 4 is 46.5 Å². The van der Waals surface area contributed by atoms with Gasteiger partial charge in [-0.1, -0.05) is 41.8 Å². The number of nitrogens with zero attached hydrogens (tertiary/aromatic N) is 4. The summed E-state index contributed by atoms with van der Waals surface area (Å²) in [6.45, 7) is 7.77. The second-order valence-electron chi connectivity index (χ2n) is 4.69. The van der Waals surface area contributed by atoms with E-state index < -0.39 is 0 Å². The molecule has 2 aromatic heterocycles. The van der Waals surface area contributed by atoms with Gasteiger partial charge in [0.15, 0.2) is 8.68 Å². The standard InChI is InChI=1S/C13H19N5OS3/c1-6-20-12-15-16-13(22-12)21-9(4)11(19)14-10-7(2)17-18(5)8(10)3/h9H,6H2,1-5H3,(H,14,19)/t9-/m1/s1. The second kappa shape index (κ2) is 7.47. The van der Waals surface area contributed by atoms with Gasteiger partial charge < -0.3 is 5.32 Å². The van der Waals surface area contributed by atoms with E-state index in [1.54, 1.807) is 16.4 Å². The van der Waals surface area contributed by atoms with Crippen molar-refractivity contribution in [2.24, 2.45) is 7.05 Å². The van der Waals surface area contributed by atoms with Crippen molar-refractivity contribution in [3.8, 4) is 0 Å². The van der Waals surface area contributed by atoms with Crippen LogP contribution in [0.25, 0.3) is 0 Å². The molecule has 0 unspecified atom stereocenters. The highest BCUT2D eigenvalue weighted by molar-refractivity contribution is 8.03. The van der Waals surface area contributed by atoms with Crippen LogP contribution in [0.2, 0.25) is 0 Å². The van der Waals surface area contributed by atoms with Crippen LogP contribution in [0.15, 0.2) is 8.68 Å². The maximum atomic E-state index is 12.3. The topological polar surface area (TPSA) is 72.7 Å². The Labute approximate surface area is 142 Å². The summed E-state index contributed by atoms with van der Waals surface area (Å²) in [6.07, 6.45) is 0. The van der Waals surface area contributed by atoms with Crippen LogP contribution in [0.3, 0.4) is 0 Å². The number of hydrogen-bond acceptors (Lipinski definition) is 7. The Hall–Kier alpha value is -1.06. The first-order chi connectivity index (χ1) is 10.4. The van der Waals surface area contributed by atoms with E-state index in [0.29, 0.717) is 0 Å². The maximum Gasteiger partial charge on any atom is 0.237 e. The third-order valence-corrected chi connectivity index (χ3v) is 6.18. The molecule has 2 rings (SSSR count). The van der Waals surface area contributed by atoms with Crippen molar-refractivity contribution in [2.75, 3.05) is 11.1 Å². The molecule has 0 saturated carbocycles. The van der Waals surface area contributed by atoms with Gasteiger partial charge in [0, 0.05) is 7.05 Å². The van der Waals surface area contributed by atoms with Crippen molar-refractivity contribution in [2.45, 2.75) is 41.6 Å². The number of rotatable bonds is 6. The summed E-state index contributed by atoms with van der Waals surface area (Å²) in [7, 11) is 1.87. The van der Waals surface area contributed by atoms with Crippen LogP contribution in [-0.2, 0) is 11.8 Å². The summed E-state index contributed by atoms with van der Waals surface area (Å²) in [5.74, 6) is 0.915. The van der Waals surface area contributed by atoms with Crippen molar-refractivity contribution in [1.29, 1.82) is 0 Å². The van der Waals surface area contributed by atoms with Gasteiger partial charge in [0.25, 0.3) is 0 Å². The monoisotopic (exact) mass is 357 g/mol. The van der Waals surface area contributed by atoms with Gasteiger partial charge in [0.1, 0.15) is 0 Å². The van der Waals surface area contributed by atoms with E-state index in [4.69, 9.17) is 0 Å². The third-order valence-electron chi connectivity index (χ3n) is 3.06. The largest absolute Gasteiger partial charge is 0.322 e. The van der Waals surface area contributed by atoms with Gasteiger partial charge in [-0.25, -0.2) is 0 Å². The summed E-state index contributed by atoms with van der Waals surface area (Å²) in [5.41, 5.74) is 2.56. The van der Waals surface area contributed by atoms with E-state index in [1.165, 1.54) is 23.1 Å². The molecule has 0 aliphatic carbocycles. The molecule has 2 aromatic rings. The van der Waals surface area contributed by atoms with Crippen LogP contribution in [0.5, 0.6) is 0 Å². The van der Waals surface area contributed by atoms with E-state index in [-0.39, 0.29) is 11.2 Å². The minimum Gasteiger partial charge on any atom is -0.322 e. The molecule has 22 heavy (non-hydrogen) atoms. The molecule has 0 aliphatic rings. The quantitative estimate of drug-likeness (QED) is 0.801. The summed E-state index contributed by atoms with van der Waals surface area (Å²) >= 11 is 4.62. The van der Waals surface area contributed by atoms with Crippen LogP contribution >= 0.6 is 34.9 Å². The Morgan fingerprint density at radius 1 is 1.36 bits per heavy atom. The van der Waals surface area contributed by atoms with E-state index in [1.807, 2.05) is 27.8 Å². The molecule has 120 valence electrons. The first kappa shape index (κ1) is 17.3. The number of hydrogen-bond donors (Lipinski definition) is 1. The third kappa shape index (κ3) is 4.02. The van der Waals surface area contributed by atoms with Gasteiger partial charge in [-0.15, -0.1) is 10.2 Å². The molecule has 1 atom stereocenters. The SMILES string of the molecule is CCSc1nnc(S[C@H](C)C(=O)Nc2c(C)nn(C)c2C)s1. The van der Waals surface area contributed by atoms with Crippen LogP contribution in [0, 0.1) is 13.8 Å². The molecule has 0 radical (unpaired) electrons. The molecular weight excluding hydrogens is 338 g/mol. The lowest BCUT2D eigenvalue weighted by molar-refractivity contribution is -0.115. The number of nitrogens with one attached hydrogen (secondary N) is 1. The van der Waals surface area contributed by atoms with Crippen LogP contribution in [-0.4, -0.2) is 36.9 Å². The molecular formula is C13H19N5OS3. The molecule has 0 fully saturated rings. The van der Waals surface area contributed by atoms with Gasteiger partial charge >= 0.3 is 0 Å². The fourth-order valence-electron chi connectivity index (χ4n) is 1.81. The summed E-state index contributed by atoms with van der Waals surface area (Å²) < 4.78 is 3.52. The number of thioether (sulfide) groups is 2. The molecule has 0 aromatic carbocycles. The Bertz CT molecular complexity index is 667. The summed E-state index contributed by atoms with van der Waals surface area (Å²) in [4.78, 5) is 12.3. The maximum absolute atomic E-state index is 12.3. The highest BCUT2D eigenvalue weighted by Crippen LogP contribution is 2.31. The van der Waals surface area contributed by atoms with Crippen LogP contribution < -0.4 is 5.32 Å². The van der Waals surface area contributed by atoms with Crippen LogP contribution in [0.1, 0.15) is 25.2 Å². The van der Waals surface area contributed by atoms with Gasteiger partial charge in [-0.3, -0.25) is 9.48 Å². The summed E-state index contributed by atoms with van der Waals surface area (Å²) in [6, 6.07) is 0. The average molecular weight is 358 g/mol. The van der Waals surface area contributed by atoms with Crippen LogP contribution in [0.4, 0.5) is 5.69 Å². The fraction of sp³-hybridized carbons (Fsp3) is 0.538. The van der Waals surface area contributed by atoms with E-state index in [2.05, 4.69) is 27.5 Å². The average Bonchev–Trinajstić information content (AvgIpc) is 2.99. The second-order valence-corrected chi connectivity index (χ2v) is 8.76. The van der Waals surface area contributed by atoms with Gasteiger partial charge in [0.05, 0.1) is 22.3 Å². The predicted molar refractivity (Wildman–Crippen MR) is 92.9 cm³/mol. The number of aromatic nitrogens is 4. The first-order valence-electron chi connectivity index (χ1n) is 6.86. The molecule has 0 bridgehead atoms. The van der Waals surface area contributed by atoms with E-state index in [0.717, 1.165) is 31.5 Å². The number of amides is 1. The predicted octanol–water partition coefficient (Wildman–Crippen LogP) is 3.12. The molecule has 1 amide bonds. The zero-order valence-corrected chi connectivity index (χ0v) is 15.7. The van der Waals surface area contributed by atoms with Crippen molar-refractivity contribution in [3.63, 3.8) is 0 Å². The van der Waals surface area contributed by atoms with Gasteiger partial charge in [-0.05, 0) is 26.5 Å². The minimum atomic E-state index is -0.244. The molecule has 9 heteroatoms. The van der Waals surface area contributed by atoms with E-state index >= 15 is 0 Å². The molecule has 2 heterocycles. The zero-order valence-electron chi connectivity index (χ0n) is 13.2. The summed E-state index contributed by atoms with van der Waals surface area (Å²) in [5, 5.41) is 15.2. The molecule has 6 nitrogen and oxygen atoms in total. The number of anilines is 1. The van der Waals surface area contributed by atoms with Gasteiger partial charge in [-0.2, -0.15) is 5.10 Å². The Kier molecular flexibility index (Phi) is 5.87. The number of aryl methyl sites for hydroxylation is 2. The first-order valence-corrected chi connectivity index (χ1v) is 9.54. The lowest BCUT2D eigenvalue weighted by atomic mass is 10.3. The highest BCUT2D eigenvalue weighted by Gasteiger charge is 2.20. The van der Waals surface area contributed by atoms with Crippen molar-refractivity contribution in [3.05, 3.63) is 11.4 Å². The highest BCUT2D eigenvalue weighted by atomic mass is 32.2. The zero-order chi connectivity index (χ0) is 16.3. The molecule has 0 spiro atoms. The molecule has 1 N–H and O–H groups in total. The molecule has 0 aliphatic heterocycles. The normalized spacial score (nSPS) is 12.4.